The molecule has 0 aliphatic carbocycles. The maximum atomic E-state index is 12.5. The van der Waals surface area contributed by atoms with Gasteiger partial charge in [0.25, 0.3) is 5.91 Å². The first-order chi connectivity index (χ1) is 10.6. The van der Waals surface area contributed by atoms with E-state index < -0.39 is 0 Å². The summed E-state index contributed by atoms with van der Waals surface area (Å²) in [6, 6.07) is 10.3. The molecule has 0 spiro atoms. The van der Waals surface area contributed by atoms with Gasteiger partial charge in [-0.1, -0.05) is 30.3 Å². The molecule has 1 aromatic rings. The fraction of sp³-hybridized carbons (Fsp3) is 0.529. The molecule has 3 rings (SSSR count). The van der Waals surface area contributed by atoms with E-state index in [4.69, 9.17) is 4.74 Å². The van der Waals surface area contributed by atoms with Gasteiger partial charge in [-0.3, -0.25) is 9.69 Å². The van der Waals surface area contributed by atoms with Crippen LogP contribution in [0.5, 0.6) is 0 Å². The van der Waals surface area contributed by atoms with Gasteiger partial charge in [-0.25, -0.2) is 5.01 Å². The first-order valence-electron chi connectivity index (χ1n) is 7.92. The second-order valence-corrected chi connectivity index (χ2v) is 6.10. The van der Waals surface area contributed by atoms with E-state index in [1.807, 2.05) is 37.3 Å². The number of nitrogens with zero attached hydrogens (tertiary/aromatic N) is 3. The quantitative estimate of drug-likeness (QED) is 0.854. The molecule has 2 aliphatic rings. The van der Waals surface area contributed by atoms with E-state index in [0.717, 1.165) is 24.2 Å². The summed E-state index contributed by atoms with van der Waals surface area (Å²) in [4.78, 5) is 14.7. The highest BCUT2D eigenvalue weighted by Gasteiger charge is 2.28. The van der Waals surface area contributed by atoms with E-state index in [1.165, 1.54) is 0 Å². The highest BCUT2D eigenvalue weighted by molar-refractivity contribution is 6.02. The van der Waals surface area contributed by atoms with E-state index in [0.29, 0.717) is 19.7 Å². The number of carbonyl (C=O) groups excluding carboxylic acids is 1. The van der Waals surface area contributed by atoms with Crippen LogP contribution >= 0.6 is 0 Å². The van der Waals surface area contributed by atoms with Crippen molar-refractivity contribution < 1.29 is 9.53 Å². The molecule has 5 nitrogen and oxygen atoms in total. The van der Waals surface area contributed by atoms with Crippen molar-refractivity contribution in [1.82, 2.24) is 9.91 Å². The van der Waals surface area contributed by atoms with Crippen LogP contribution in [0.15, 0.2) is 35.4 Å². The Bertz CT molecular complexity index is 558. The van der Waals surface area contributed by atoms with Crippen molar-refractivity contribution in [2.24, 2.45) is 5.10 Å². The maximum Gasteiger partial charge on any atom is 0.256 e. The number of ether oxygens (including phenoxy) is 1. The molecule has 0 radical (unpaired) electrons. The van der Waals surface area contributed by atoms with Gasteiger partial charge in [0.2, 0.25) is 0 Å². The van der Waals surface area contributed by atoms with Gasteiger partial charge in [-0.15, -0.1) is 0 Å². The van der Waals surface area contributed by atoms with Gasteiger partial charge in [0.15, 0.2) is 0 Å². The molecule has 0 bridgehead atoms. The Balaban J connectivity index is 1.62. The number of rotatable bonds is 3. The van der Waals surface area contributed by atoms with Crippen LogP contribution in [-0.4, -0.2) is 59.9 Å². The molecule has 2 atom stereocenters. The van der Waals surface area contributed by atoms with Crippen LogP contribution in [-0.2, 0) is 9.53 Å². The molecule has 2 aliphatic heterocycles. The van der Waals surface area contributed by atoms with E-state index in [1.54, 1.807) is 5.01 Å². The highest BCUT2D eigenvalue weighted by atomic mass is 16.5. The van der Waals surface area contributed by atoms with Gasteiger partial charge in [0.05, 0.1) is 31.5 Å². The third kappa shape index (κ3) is 3.36. The molecule has 5 heteroatoms. The van der Waals surface area contributed by atoms with Crippen molar-refractivity contribution in [3.63, 3.8) is 0 Å². The van der Waals surface area contributed by atoms with E-state index in [2.05, 4.69) is 16.9 Å². The average Bonchev–Trinajstić information content (AvgIpc) is 3.02. The number of carbonyl (C=O) groups is 1. The van der Waals surface area contributed by atoms with Crippen LogP contribution in [0.2, 0.25) is 0 Å². The largest absolute Gasteiger partial charge is 0.376 e. The maximum absolute atomic E-state index is 12.5. The van der Waals surface area contributed by atoms with Gasteiger partial charge < -0.3 is 4.74 Å². The predicted octanol–water partition coefficient (Wildman–Crippen LogP) is 1.73. The van der Waals surface area contributed by atoms with Gasteiger partial charge in [0, 0.05) is 19.0 Å². The number of morpholine rings is 1. The lowest BCUT2D eigenvalue weighted by atomic mass is 10.1. The first kappa shape index (κ1) is 15.2. The molecule has 1 fully saturated rings. The predicted molar refractivity (Wildman–Crippen MR) is 85.8 cm³/mol. The number of benzene rings is 1. The molecular formula is C17H23N3O2. The molecule has 1 saturated heterocycles. The number of amides is 1. The Morgan fingerprint density at radius 3 is 2.86 bits per heavy atom. The summed E-state index contributed by atoms with van der Waals surface area (Å²) in [7, 11) is 0. The summed E-state index contributed by atoms with van der Waals surface area (Å²) in [5.41, 5.74) is 2.10. The number of hydrazone groups is 1. The summed E-state index contributed by atoms with van der Waals surface area (Å²) >= 11 is 0. The van der Waals surface area contributed by atoms with Crippen LogP contribution in [0, 0.1) is 0 Å². The fourth-order valence-corrected chi connectivity index (χ4v) is 2.92. The molecule has 118 valence electrons. The molecule has 0 saturated carbocycles. The van der Waals surface area contributed by atoms with Gasteiger partial charge >= 0.3 is 0 Å². The van der Waals surface area contributed by atoms with Crippen LogP contribution in [0.3, 0.4) is 0 Å². The number of hydrogen-bond donors (Lipinski definition) is 0. The zero-order valence-electron chi connectivity index (χ0n) is 13.2. The van der Waals surface area contributed by atoms with Crippen molar-refractivity contribution in [3.8, 4) is 0 Å². The van der Waals surface area contributed by atoms with Crippen LogP contribution in [0.25, 0.3) is 0 Å². The lowest BCUT2D eigenvalue weighted by Gasteiger charge is -2.36. The highest BCUT2D eigenvalue weighted by Crippen LogP contribution is 2.16. The molecular weight excluding hydrogens is 278 g/mol. The van der Waals surface area contributed by atoms with Crippen LogP contribution in [0.4, 0.5) is 0 Å². The standard InChI is InChI=1S/C17H23N3O2/c1-13-12-22-14(2)10-19(13)11-17(21)20-9-8-16(18-20)15-6-4-3-5-7-15/h3-7,13-14H,8-12H2,1-2H3. The van der Waals surface area contributed by atoms with Crippen LogP contribution in [0.1, 0.15) is 25.8 Å². The summed E-state index contributed by atoms with van der Waals surface area (Å²) in [6.45, 7) is 6.73. The zero-order valence-corrected chi connectivity index (χ0v) is 13.2. The van der Waals surface area contributed by atoms with Gasteiger partial charge in [-0.2, -0.15) is 5.10 Å². The van der Waals surface area contributed by atoms with Gasteiger partial charge in [0.1, 0.15) is 0 Å². The Morgan fingerprint density at radius 1 is 1.32 bits per heavy atom. The van der Waals surface area contributed by atoms with E-state index in [9.17, 15) is 4.79 Å². The summed E-state index contributed by atoms with van der Waals surface area (Å²) in [6.07, 6.45) is 1.01. The minimum atomic E-state index is 0.0758. The zero-order chi connectivity index (χ0) is 15.5. The minimum absolute atomic E-state index is 0.0758. The summed E-state index contributed by atoms with van der Waals surface area (Å²) in [5, 5.41) is 6.13. The summed E-state index contributed by atoms with van der Waals surface area (Å²) in [5.74, 6) is 0.0758. The SMILES string of the molecule is CC1CN(CC(=O)N2CCC(c3ccccc3)=N2)C(C)CO1. The van der Waals surface area contributed by atoms with E-state index in [-0.39, 0.29) is 18.1 Å². The number of hydrogen-bond acceptors (Lipinski definition) is 4. The monoisotopic (exact) mass is 301 g/mol. The molecule has 2 heterocycles. The molecule has 1 amide bonds. The lowest BCUT2D eigenvalue weighted by molar-refractivity contribution is -0.135. The fourth-order valence-electron chi connectivity index (χ4n) is 2.92. The van der Waals surface area contributed by atoms with Crippen molar-refractivity contribution in [1.29, 1.82) is 0 Å². The molecule has 0 aromatic heterocycles. The average molecular weight is 301 g/mol. The normalized spacial score (nSPS) is 26.1. The Hall–Kier alpha value is -1.72. The van der Waals surface area contributed by atoms with Crippen molar-refractivity contribution in [3.05, 3.63) is 35.9 Å². The molecule has 1 aromatic carbocycles. The summed E-state index contributed by atoms with van der Waals surface area (Å²) < 4.78 is 5.61. The lowest BCUT2D eigenvalue weighted by Crippen LogP contribution is -2.50. The third-order valence-electron chi connectivity index (χ3n) is 4.27. The van der Waals surface area contributed by atoms with Crippen LogP contribution < -0.4 is 0 Å². The first-order valence-corrected chi connectivity index (χ1v) is 7.92. The molecule has 22 heavy (non-hydrogen) atoms. The topological polar surface area (TPSA) is 45.1 Å². The molecule has 2 unspecified atom stereocenters. The second-order valence-electron chi connectivity index (χ2n) is 6.10. The Kier molecular flexibility index (Phi) is 4.55. The smallest absolute Gasteiger partial charge is 0.256 e. The van der Waals surface area contributed by atoms with Crippen molar-refractivity contribution in [2.45, 2.75) is 32.4 Å². The van der Waals surface area contributed by atoms with Crippen molar-refractivity contribution >= 4 is 11.6 Å². The Labute approximate surface area is 131 Å². The molecule has 0 N–H and O–H groups in total. The van der Waals surface area contributed by atoms with Crippen molar-refractivity contribution in [2.75, 3.05) is 26.2 Å². The minimum Gasteiger partial charge on any atom is -0.376 e. The third-order valence-corrected chi connectivity index (χ3v) is 4.27. The Morgan fingerprint density at radius 2 is 2.09 bits per heavy atom. The van der Waals surface area contributed by atoms with Gasteiger partial charge in [-0.05, 0) is 19.4 Å². The van der Waals surface area contributed by atoms with E-state index >= 15 is 0 Å². The second kappa shape index (κ2) is 6.58.